The summed E-state index contributed by atoms with van der Waals surface area (Å²) in [5, 5.41) is 5.80. The van der Waals surface area contributed by atoms with E-state index in [1.54, 1.807) is 6.92 Å². The summed E-state index contributed by atoms with van der Waals surface area (Å²) in [6.45, 7) is 4.71. The molecule has 7 nitrogen and oxygen atoms in total. The number of esters is 2. The van der Waals surface area contributed by atoms with Crippen LogP contribution in [0.5, 0.6) is 0 Å². The third kappa shape index (κ3) is 3.74. The third-order valence-corrected chi connectivity index (χ3v) is 6.07. The summed E-state index contributed by atoms with van der Waals surface area (Å²) < 4.78 is 16.7. The second-order valence-electron chi connectivity index (χ2n) is 7.71. The van der Waals surface area contributed by atoms with Crippen LogP contribution in [0.1, 0.15) is 38.8 Å². The summed E-state index contributed by atoms with van der Waals surface area (Å²) in [5.74, 6) is -1.05. The summed E-state index contributed by atoms with van der Waals surface area (Å²) in [7, 11) is 0. The molecule has 3 atom stereocenters. The van der Waals surface area contributed by atoms with Crippen molar-refractivity contribution in [3.05, 3.63) is 41.4 Å². The van der Waals surface area contributed by atoms with Crippen LogP contribution in [0.2, 0.25) is 0 Å². The van der Waals surface area contributed by atoms with Crippen molar-refractivity contribution in [3.63, 3.8) is 0 Å². The molecule has 29 heavy (non-hydrogen) atoms. The van der Waals surface area contributed by atoms with Gasteiger partial charge in [-0.1, -0.05) is 25.1 Å². The van der Waals surface area contributed by atoms with Crippen LogP contribution in [0, 0.1) is 5.41 Å². The van der Waals surface area contributed by atoms with Crippen molar-refractivity contribution in [2.75, 3.05) is 18.5 Å². The smallest absolute Gasteiger partial charge is 0.324 e. The lowest BCUT2D eigenvalue weighted by Gasteiger charge is -2.20. The van der Waals surface area contributed by atoms with E-state index in [4.69, 9.17) is 14.2 Å². The summed E-state index contributed by atoms with van der Waals surface area (Å²) in [6, 6.07) is 9.71. The highest BCUT2D eigenvalue weighted by Gasteiger charge is 2.65. The molecule has 2 aliphatic rings. The van der Waals surface area contributed by atoms with E-state index < -0.39 is 29.1 Å². The third-order valence-electron chi connectivity index (χ3n) is 5.31. The average molecular weight is 416 g/mol. The Balaban J connectivity index is 1.49. The zero-order valence-corrected chi connectivity index (χ0v) is 17.3. The molecule has 0 saturated carbocycles. The van der Waals surface area contributed by atoms with Gasteiger partial charge in [-0.2, -0.15) is 0 Å². The maximum absolute atomic E-state index is 12.8. The highest BCUT2D eigenvalue weighted by atomic mass is 32.1. The predicted octanol–water partition coefficient (Wildman–Crippen LogP) is 3.78. The number of hydrogen-bond donors (Lipinski definition) is 1. The van der Waals surface area contributed by atoms with Gasteiger partial charge in [-0.15, -0.1) is 11.3 Å². The maximum Gasteiger partial charge on any atom is 0.324 e. The Hall–Kier alpha value is -2.45. The van der Waals surface area contributed by atoms with E-state index in [0.29, 0.717) is 24.0 Å². The van der Waals surface area contributed by atoms with Crippen LogP contribution in [0.25, 0.3) is 0 Å². The number of nitrogens with one attached hydrogen (secondary N) is 1. The second-order valence-corrected chi connectivity index (χ2v) is 8.57. The molecular weight excluding hydrogens is 392 g/mol. The first-order valence-corrected chi connectivity index (χ1v) is 10.6. The molecule has 4 rings (SSSR count). The quantitative estimate of drug-likeness (QED) is 0.418. The number of para-hydroxylation sites is 1. The molecule has 2 fully saturated rings. The van der Waals surface area contributed by atoms with Crippen LogP contribution < -0.4 is 5.32 Å². The first-order valence-electron chi connectivity index (χ1n) is 9.75. The van der Waals surface area contributed by atoms with Crippen LogP contribution in [-0.4, -0.2) is 36.2 Å². The van der Waals surface area contributed by atoms with Crippen molar-refractivity contribution in [3.8, 4) is 0 Å². The number of carbonyl (C=O) groups excluding carboxylic acids is 2. The molecule has 2 aliphatic heterocycles. The van der Waals surface area contributed by atoms with Crippen molar-refractivity contribution < 1.29 is 23.8 Å². The fourth-order valence-electron chi connectivity index (χ4n) is 3.89. The van der Waals surface area contributed by atoms with E-state index in [1.807, 2.05) is 42.6 Å². The molecule has 0 radical (unpaired) electrons. The van der Waals surface area contributed by atoms with Crippen molar-refractivity contribution in [1.82, 2.24) is 4.98 Å². The van der Waals surface area contributed by atoms with Gasteiger partial charge in [0, 0.05) is 30.5 Å². The van der Waals surface area contributed by atoms with Gasteiger partial charge in [0.1, 0.15) is 6.10 Å². The summed E-state index contributed by atoms with van der Waals surface area (Å²) in [5.41, 5.74) is -0.689. The first kappa shape index (κ1) is 19.8. The lowest BCUT2D eigenvalue weighted by molar-refractivity contribution is -0.160. The molecule has 8 heteroatoms. The van der Waals surface area contributed by atoms with E-state index in [0.717, 1.165) is 12.1 Å². The number of rotatable bonds is 7. The van der Waals surface area contributed by atoms with Crippen molar-refractivity contribution in [1.29, 1.82) is 0 Å². The SMILES string of the molecule is CCCOCC1C[C@]2(CC(C)(c3csc(Nc4ccccc4)n3)OC2=O)C(=O)O1. The molecule has 2 saturated heterocycles. The van der Waals surface area contributed by atoms with Gasteiger partial charge in [0.2, 0.25) is 0 Å². The van der Waals surface area contributed by atoms with Crippen LogP contribution >= 0.6 is 11.3 Å². The minimum atomic E-state index is -1.27. The highest BCUT2D eigenvalue weighted by Crippen LogP contribution is 2.52. The van der Waals surface area contributed by atoms with Gasteiger partial charge in [0.15, 0.2) is 16.1 Å². The molecule has 2 aromatic rings. The van der Waals surface area contributed by atoms with Gasteiger partial charge >= 0.3 is 11.9 Å². The number of cyclic esters (lactones) is 2. The number of anilines is 2. The number of aromatic nitrogens is 1. The van der Waals surface area contributed by atoms with E-state index in [9.17, 15) is 9.59 Å². The van der Waals surface area contributed by atoms with Crippen LogP contribution in [0.3, 0.4) is 0 Å². The average Bonchev–Trinajstić information content (AvgIpc) is 3.35. The Morgan fingerprint density at radius 2 is 2.07 bits per heavy atom. The maximum atomic E-state index is 12.8. The second kappa shape index (κ2) is 7.76. The molecule has 1 aromatic heterocycles. The summed E-state index contributed by atoms with van der Waals surface area (Å²) >= 11 is 1.43. The van der Waals surface area contributed by atoms with E-state index in [-0.39, 0.29) is 12.8 Å². The minimum Gasteiger partial charge on any atom is -0.459 e. The topological polar surface area (TPSA) is 86.8 Å². The lowest BCUT2D eigenvalue weighted by Crippen LogP contribution is -2.32. The zero-order chi connectivity index (χ0) is 20.5. The Bertz CT molecular complexity index is 901. The fourth-order valence-corrected chi connectivity index (χ4v) is 4.74. The van der Waals surface area contributed by atoms with Gasteiger partial charge in [0.25, 0.3) is 0 Å². The predicted molar refractivity (Wildman–Crippen MR) is 108 cm³/mol. The highest BCUT2D eigenvalue weighted by molar-refractivity contribution is 7.13. The molecular formula is C21H24N2O5S. The molecule has 1 aromatic carbocycles. The largest absolute Gasteiger partial charge is 0.459 e. The molecule has 2 unspecified atom stereocenters. The van der Waals surface area contributed by atoms with Gasteiger partial charge in [0.05, 0.1) is 12.3 Å². The minimum absolute atomic E-state index is 0.219. The number of hydrogen-bond acceptors (Lipinski definition) is 8. The van der Waals surface area contributed by atoms with Crippen LogP contribution in [-0.2, 0) is 29.4 Å². The summed E-state index contributed by atoms with van der Waals surface area (Å²) in [6.07, 6.45) is 0.962. The molecule has 3 heterocycles. The molecule has 0 bridgehead atoms. The molecule has 154 valence electrons. The van der Waals surface area contributed by atoms with Gasteiger partial charge in [-0.3, -0.25) is 9.59 Å². The zero-order valence-electron chi connectivity index (χ0n) is 16.5. The van der Waals surface area contributed by atoms with E-state index >= 15 is 0 Å². The Kier molecular flexibility index (Phi) is 5.31. The molecule has 0 amide bonds. The summed E-state index contributed by atoms with van der Waals surface area (Å²) in [4.78, 5) is 30.0. The van der Waals surface area contributed by atoms with Crippen LogP contribution in [0.4, 0.5) is 10.8 Å². The van der Waals surface area contributed by atoms with Gasteiger partial charge in [-0.25, -0.2) is 4.98 Å². The van der Waals surface area contributed by atoms with Crippen molar-refractivity contribution in [2.45, 2.75) is 44.8 Å². The Labute approximate surface area is 173 Å². The van der Waals surface area contributed by atoms with Gasteiger partial charge < -0.3 is 19.5 Å². The van der Waals surface area contributed by atoms with Gasteiger partial charge in [-0.05, 0) is 25.5 Å². The normalized spacial score (nSPS) is 28.6. The van der Waals surface area contributed by atoms with Crippen molar-refractivity contribution in [2.24, 2.45) is 5.41 Å². The van der Waals surface area contributed by atoms with Crippen molar-refractivity contribution >= 4 is 34.1 Å². The number of benzene rings is 1. The van der Waals surface area contributed by atoms with Crippen LogP contribution in [0.15, 0.2) is 35.7 Å². The lowest BCUT2D eigenvalue weighted by atomic mass is 9.78. The monoisotopic (exact) mass is 416 g/mol. The number of ether oxygens (including phenoxy) is 3. The Morgan fingerprint density at radius 1 is 1.28 bits per heavy atom. The first-order chi connectivity index (χ1) is 13.9. The molecule has 1 N–H and O–H groups in total. The molecule has 0 aliphatic carbocycles. The number of thiazole rings is 1. The number of nitrogens with zero attached hydrogens (tertiary/aromatic N) is 1. The van der Waals surface area contributed by atoms with E-state index in [2.05, 4.69) is 10.3 Å². The Morgan fingerprint density at radius 3 is 2.83 bits per heavy atom. The molecule has 1 spiro atoms. The van der Waals surface area contributed by atoms with E-state index in [1.165, 1.54) is 11.3 Å². The fraction of sp³-hybridized carbons (Fsp3) is 0.476. The number of carbonyl (C=O) groups is 2. The standard InChI is InChI=1S/C21H24N2O5S/c1-3-9-26-11-15-10-21(17(24)27-15)13-20(2,28-18(21)25)16-12-29-19(23-16)22-14-7-5-4-6-8-14/h4-8,12,15H,3,9-11,13H2,1-2H3,(H,22,23)/t15?,20?,21-/m0/s1.